The van der Waals surface area contributed by atoms with Gasteiger partial charge in [0.05, 0.1) is 16.8 Å². The van der Waals surface area contributed by atoms with Gasteiger partial charge in [-0.15, -0.1) is 0 Å². The van der Waals surface area contributed by atoms with E-state index in [0.717, 1.165) is 36.6 Å². The zero-order valence-electron chi connectivity index (χ0n) is 11.9. The predicted molar refractivity (Wildman–Crippen MR) is 83.1 cm³/mol. The van der Waals surface area contributed by atoms with Crippen LogP contribution in [0, 0.1) is 0 Å². The number of piperazine rings is 1. The lowest BCUT2D eigenvalue weighted by atomic mass is 10.1. The first-order valence-corrected chi connectivity index (χ1v) is 7.55. The average molecular weight is 296 g/mol. The molecule has 1 heterocycles. The highest BCUT2D eigenvalue weighted by molar-refractivity contribution is 6.33. The van der Waals surface area contributed by atoms with E-state index >= 15 is 0 Å². The van der Waals surface area contributed by atoms with Crippen LogP contribution >= 0.6 is 11.6 Å². The van der Waals surface area contributed by atoms with Gasteiger partial charge in [0.1, 0.15) is 0 Å². The molecule has 1 aromatic carbocycles. The number of anilines is 1. The molecule has 20 heavy (non-hydrogen) atoms. The Morgan fingerprint density at radius 1 is 1.30 bits per heavy atom. The van der Waals surface area contributed by atoms with Gasteiger partial charge in [-0.2, -0.15) is 0 Å². The molecular formula is C15H22ClN3O. The van der Waals surface area contributed by atoms with Crippen LogP contribution in [-0.4, -0.2) is 43.0 Å². The van der Waals surface area contributed by atoms with E-state index in [4.69, 9.17) is 17.3 Å². The van der Waals surface area contributed by atoms with Crippen molar-refractivity contribution in [2.75, 3.05) is 31.1 Å². The van der Waals surface area contributed by atoms with Crippen LogP contribution in [-0.2, 0) is 4.79 Å². The van der Waals surface area contributed by atoms with Gasteiger partial charge in [-0.3, -0.25) is 4.79 Å². The molecule has 1 aliphatic heterocycles. The summed E-state index contributed by atoms with van der Waals surface area (Å²) in [5.41, 5.74) is 6.94. The minimum atomic E-state index is -0.355. The fourth-order valence-electron chi connectivity index (χ4n) is 2.54. The molecule has 1 fully saturated rings. The molecule has 0 bridgehead atoms. The number of para-hydroxylation sites is 1. The fourth-order valence-corrected chi connectivity index (χ4v) is 2.80. The Bertz CT molecular complexity index is 458. The third kappa shape index (κ3) is 3.44. The van der Waals surface area contributed by atoms with Crippen molar-refractivity contribution in [3.05, 3.63) is 29.3 Å². The van der Waals surface area contributed by atoms with Crippen LogP contribution in [0.4, 0.5) is 5.69 Å². The number of halogens is 1. The summed E-state index contributed by atoms with van der Waals surface area (Å²) in [6, 6.07) is 7.46. The highest BCUT2D eigenvalue weighted by atomic mass is 35.5. The maximum atomic E-state index is 12.2. The summed E-state index contributed by atoms with van der Waals surface area (Å²) < 4.78 is 0. The molecule has 1 amide bonds. The Hall–Kier alpha value is -1.26. The van der Waals surface area contributed by atoms with Crippen LogP contribution in [0.1, 0.15) is 19.8 Å². The minimum absolute atomic E-state index is 0.0747. The van der Waals surface area contributed by atoms with E-state index in [2.05, 4.69) is 4.90 Å². The number of carbonyl (C=O) groups excluding carboxylic acids is 1. The quantitative estimate of drug-likeness (QED) is 0.925. The van der Waals surface area contributed by atoms with E-state index in [-0.39, 0.29) is 11.9 Å². The van der Waals surface area contributed by atoms with Gasteiger partial charge in [0.2, 0.25) is 5.91 Å². The second-order valence-corrected chi connectivity index (χ2v) is 5.57. The second kappa shape index (κ2) is 6.95. The molecule has 2 rings (SSSR count). The van der Waals surface area contributed by atoms with E-state index in [1.807, 2.05) is 36.1 Å². The van der Waals surface area contributed by atoms with Gasteiger partial charge in [0.15, 0.2) is 0 Å². The Morgan fingerprint density at radius 2 is 1.95 bits per heavy atom. The summed E-state index contributed by atoms with van der Waals surface area (Å²) in [5.74, 6) is 0.0747. The van der Waals surface area contributed by atoms with Gasteiger partial charge < -0.3 is 15.5 Å². The molecule has 0 saturated carbocycles. The molecule has 0 aliphatic carbocycles. The van der Waals surface area contributed by atoms with Crippen LogP contribution in [0.15, 0.2) is 24.3 Å². The molecule has 0 radical (unpaired) electrons. The van der Waals surface area contributed by atoms with Crippen molar-refractivity contribution in [3.63, 3.8) is 0 Å². The van der Waals surface area contributed by atoms with Crippen molar-refractivity contribution in [2.24, 2.45) is 5.73 Å². The molecule has 1 aliphatic rings. The number of rotatable bonds is 4. The molecule has 1 unspecified atom stereocenters. The van der Waals surface area contributed by atoms with Gasteiger partial charge in [0, 0.05) is 26.2 Å². The van der Waals surface area contributed by atoms with E-state index in [0.29, 0.717) is 13.1 Å². The van der Waals surface area contributed by atoms with E-state index in [1.54, 1.807) is 0 Å². The van der Waals surface area contributed by atoms with Crippen LogP contribution in [0.2, 0.25) is 5.02 Å². The first-order chi connectivity index (χ1) is 9.63. The number of hydrogen-bond donors (Lipinski definition) is 1. The Balaban J connectivity index is 1.93. The van der Waals surface area contributed by atoms with Crippen LogP contribution < -0.4 is 10.6 Å². The van der Waals surface area contributed by atoms with Gasteiger partial charge in [0.25, 0.3) is 0 Å². The van der Waals surface area contributed by atoms with Gasteiger partial charge in [-0.1, -0.05) is 37.1 Å². The molecule has 0 spiro atoms. The molecule has 1 saturated heterocycles. The zero-order valence-corrected chi connectivity index (χ0v) is 12.6. The Labute approximate surface area is 125 Å². The number of hydrogen-bond acceptors (Lipinski definition) is 3. The summed E-state index contributed by atoms with van der Waals surface area (Å²) in [6.45, 7) is 5.06. The largest absolute Gasteiger partial charge is 0.367 e. The minimum Gasteiger partial charge on any atom is -0.367 e. The maximum Gasteiger partial charge on any atom is 0.239 e. The van der Waals surface area contributed by atoms with Crippen LogP contribution in [0.5, 0.6) is 0 Å². The first-order valence-electron chi connectivity index (χ1n) is 7.17. The summed E-state index contributed by atoms with van der Waals surface area (Å²) in [7, 11) is 0. The van der Waals surface area contributed by atoms with Gasteiger partial charge in [-0.25, -0.2) is 0 Å². The maximum absolute atomic E-state index is 12.2. The molecule has 2 N–H and O–H groups in total. The summed E-state index contributed by atoms with van der Waals surface area (Å²) in [4.78, 5) is 16.2. The van der Waals surface area contributed by atoms with Crippen molar-refractivity contribution in [1.82, 2.24) is 4.90 Å². The van der Waals surface area contributed by atoms with Crippen molar-refractivity contribution in [3.8, 4) is 0 Å². The molecule has 1 aromatic rings. The number of nitrogens with zero attached hydrogens (tertiary/aromatic N) is 2. The topological polar surface area (TPSA) is 49.6 Å². The third-order valence-corrected chi connectivity index (χ3v) is 4.02. The zero-order chi connectivity index (χ0) is 14.5. The Kier molecular flexibility index (Phi) is 5.26. The standard InChI is InChI=1S/C15H22ClN3O/c1-2-5-13(17)15(20)19-10-8-18(9-11-19)14-7-4-3-6-12(14)16/h3-4,6-7,13H,2,5,8-11,17H2,1H3. The van der Waals surface area contributed by atoms with E-state index in [1.165, 1.54) is 0 Å². The summed E-state index contributed by atoms with van der Waals surface area (Å²) >= 11 is 6.21. The summed E-state index contributed by atoms with van der Waals surface area (Å²) in [5, 5.41) is 0.759. The normalized spacial score (nSPS) is 17.1. The smallest absolute Gasteiger partial charge is 0.239 e. The lowest BCUT2D eigenvalue weighted by Crippen LogP contribution is -2.53. The molecule has 4 nitrogen and oxygen atoms in total. The number of carbonyl (C=O) groups is 1. The van der Waals surface area contributed by atoms with Crippen molar-refractivity contribution >= 4 is 23.2 Å². The molecule has 110 valence electrons. The van der Waals surface area contributed by atoms with E-state index in [9.17, 15) is 4.79 Å². The lowest BCUT2D eigenvalue weighted by molar-refractivity contribution is -0.133. The summed E-state index contributed by atoms with van der Waals surface area (Å²) in [6.07, 6.45) is 1.69. The van der Waals surface area contributed by atoms with Gasteiger partial charge >= 0.3 is 0 Å². The average Bonchev–Trinajstić information content (AvgIpc) is 2.47. The van der Waals surface area contributed by atoms with Crippen LogP contribution in [0.25, 0.3) is 0 Å². The predicted octanol–water partition coefficient (Wildman–Crippen LogP) is 2.12. The third-order valence-electron chi connectivity index (χ3n) is 3.70. The molecule has 1 atom stereocenters. The number of benzene rings is 1. The van der Waals surface area contributed by atoms with Crippen molar-refractivity contribution in [2.45, 2.75) is 25.8 Å². The van der Waals surface area contributed by atoms with Crippen LogP contribution in [0.3, 0.4) is 0 Å². The van der Waals surface area contributed by atoms with Crippen molar-refractivity contribution < 1.29 is 4.79 Å². The Morgan fingerprint density at radius 3 is 2.55 bits per heavy atom. The second-order valence-electron chi connectivity index (χ2n) is 5.16. The number of amides is 1. The fraction of sp³-hybridized carbons (Fsp3) is 0.533. The number of nitrogens with two attached hydrogens (primary N) is 1. The SMILES string of the molecule is CCCC(N)C(=O)N1CCN(c2ccccc2Cl)CC1. The molecular weight excluding hydrogens is 274 g/mol. The van der Waals surface area contributed by atoms with E-state index < -0.39 is 0 Å². The van der Waals surface area contributed by atoms with Crippen molar-refractivity contribution in [1.29, 1.82) is 0 Å². The van der Waals surface area contributed by atoms with Gasteiger partial charge in [-0.05, 0) is 18.6 Å². The lowest BCUT2D eigenvalue weighted by Gasteiger charge is -2.37. The highest BCUT2D eigenvalue weighted by Crippen LogP contribution is 2.26. The first kappa shape index (κ1) is 15.1. The molecule has 0 aromatic heterocycles. The monoisotopic (exact) mass is 295 g/mol. The highest BCUT2D eigenvalue weighted by Gasteiger charge is 2.25. The molecule has 5 heteroatoms.